The van der Waals surface area contributed by atoms with Gasteiger partial charge in [0.15, 0.2) is 0 Å². The maximum atomic E-state index is 13.5. The molecule has 0 fully saturated rings. The number of sulfonamides is 1. The Bertz CT molecular complexity index is 1130. The third-order valence-corrected chi connectivity index (χ3v) is 7.76. The second kappa shape index (κ2) is 11.3. The zero-order valence-corrected chi connectivity index (χ0v) is 20.9. The first-order chi connectivity index (χ1) is 16.1. The summed E-state index contributed by atoms with van der Waals surface area (Å²) >= 11 is 0. The van der Waals surface area contributed by atoms with E-state index in [2.05, 4.69) is 21.7 Å². The maximum absolute atomic E-state index is 13.5. The highest BCUT2D eigenvalue weighted by atomic mass is 32.2. The summed E-state index contributed by atoms with van der Waals surface area (Å²) in [6.45, 7) is 6.30. The van der Waals surface area contributed by atoms with E-state index in [1.165, 1.54) is 10.4 Å². The van der Waals surface area contributed by atoms with Gasteiger partial charge in [0.25, 0.3) is 0 Å². The van der Waals surface area contributed by atoms with E-state index in [1.807, 2.05) is 32.2 Å². The van der Waals surface area contributed by atoms with E-state index in [9.17, 15) is 18.6 Å². The number of nitrogens with zero attached hydrogens (tertiary/aromatic N) is 3. The minimum Gasteiger partial charge on any atom is -0.487 e. The summed E-state index contributed by atoms with van der Waals surface area (Å²) in [5.74, 6) is 5.59. The summed E-state index contributed by atoms with van der Waals surface area (Å²) in [4.78, 5) is 6.51. The Morgan fingerprint density at radius 2 is 2.06 bits per heavy atom. The molecule has 4 atom stereocenters. The Morgan fingerprint density at radius 1 is 1.29 bits per heavy atom. The molecule has 0 saturated carbocycles. The van der Waals surface area contributed by atoms with Crippen LogP contribution < -0.4 is 4.74 Å². The van der Waals surface area contributed by atoms with E-state index in [1.54, 1.807) is 32.2 Å². The van der Waals surface area contributed by atoms with Crippen LogP contribution in [0.2, 0.25) is 0 Å². The van der Waals surface area contributed by atoms with Crippen molar-refractivity contribution >= 4 is 10.0 Å². The van der Waals surface area contributed by atoms with Crippen LogP contribution >= 0.6 is 0 Å². The molecule has 0 aliphatic carbocycles. The fourth-order valence-electron chi connectivity index (χ4n) is 3.85. The number of aromatic nitrogens is 1. The van der Waals surface area contributed by atoms with Crippen molar-refractivity contribution in [2.24, 2.45) is 5.92 Å². The molecule has 1 aromatic heterocycles. The van der Waals surface area contributed by atoms with Gasteiger partial charge in [0.2, 0.25) is 10.0 Å². The summed E-state index contributed by atoms with van der Waals surface area (Å²) in [6, 6.07) is 9.88. The van der Waals surface area contributed by atoms with Gasteiger partial charge in [-0.2, -0.15) is 4.31 Å². The number of aliphatic hydroxyl groups is 2. The molecule has 0 bridgehead atoms. The molecule has 0 radical (unpaired) electrons. The van der Waals surface area contributed by atoms with Gasteiger partial charge in [-0.25, -0.2) is 8.42 Å². The summed E-state index contributed by atoms with van der Waals surface area (Å²) < 4.78 is 34.7. The summed E-state index contributed by atoms with van der Waals surface area (Å²) in [5, 5.41) is 19.3. The number of likely N-dealkylation sites (N-methyl/N-ethyl adjacent to an activating group) is 1. The van der Waals surface area contributed by atoms with Gasteiger partial charge < -0.3 is 14.9 Å². The highest BCUT2D eigenvalue weighted by Gasteiger charge is 2.38. The van der Waals surface area contributed by atoms with Crippen LogP contribution in [0.15, 0.2) is 47.5 Å². The van der Waals surface area contributed by atoms with E-state index in [0.717, 1.165) is 5.69 Å². The molecule has 34 heavy (non-hydrogen) atoms. The van der Waals surface area contributed by atoms with Gasteiger partial charge in [0, 0.05) is 43.4 Å². The molecule has 1 aliphatic heterocycles. The van der Waals surface area contributed by atoms with Crippen LogP contribution in [-0.4, -0.2) is 77.8 Å². The average Bonchev–Trinajstić information content (AvgIpc) is 2.80. The van der Waals surface area contributed by atoms with Gasteiger partial charge in [-0.15, -0.1) is 0 Å². The molecule has 8 nitrogen and oxygen atoms in total. The van der Waals surface area contributed by atoms with Gasteiger partial charge in [0.1, 0.15) is 22.9 Å². The number of hydrogen-bond donors (Lipinski definition) is 2. The highest BCUT2D eigenvalue weighted by molar-refractivity contribution is 7.89. The first-order valence-electron chi connectivity index (χ1n) is 11.3. The molecule has 9 heteroatoms. The predicted molar refractivity (Wildman–Crippen MR) is 130 cm³/mol. The van der Waals surface area contributed by atoms with Crippen molar-refractivity contribution < 1.29 is 23.4 Å². The van der Waals surface area contributed by atoms with E-state index in [0.29, 0.717) is 18.7 Å². The molecule has 3 rings (SSSR count). The lowest BCUT2D eigenvalue weighted by atomic mass is 10.0. The number of rotatable bonds is 6. The molecule has 1 aliphatic rings. The number of ether oxygens (including phenoxy) is 1. The molecular weight excluding hydrogens is 454 g/mol. The molecule has 0 saturated heterocycles. The highest BCUT2D eigenvalue weighted by Crippen LogP contribution is 2.34. The van der Waals surface area contributed by atoms with E-state index in [-0.39, 0.29) is 35.8 Å². The fraction of sp³-hybridized carbons (Fsp3) is 0.480. The Kier molecular flexibility index (Phi) is 8.68. The SMILES string of the molecule is C[C@@H]1CN([C@@H](C)CO)S(=O)(=O)c2ccc(C#C[C@@H](C)O)cc2O[C@H]1CN(C)Cc1ccccn1. The van der Waals surface area contributed by atoms with Gasteiger partial charge in [-0.3, -0.25) is 9.88 Å². The van der Waals surface area contributed by atoms with Crippen molar-refractivity contribution in [1.82, 2.24) is 14.2 Å². The van der Waals surface area contributed by atoms with Gasteiger partial charge >= 0.3 is 0 Å². The van der Waals surface area contributed by atoms with Crippen LogP contribution in [0.25, 0.3) is 0 Å². The molecular formula is C25H33N3O5S. The number of fused-ring (bicyclic) bond motifs is 1. The minimum atomic E-state index is -3.91. The van der Waals surface area contributed by atoms with Crippen molar-refractivity contribution in [3.05, 3.63) is 53.9 Å². The van der Waals surface area contributed by atoms with Crippen LogP contribution in [0.5, 0.6) is 5.75 Å². The van der Waals surface area contributed by atoms with Crippen molar-refractivity contribution in [1.29, 1.82) is 0 Å². The summed E-state index contributed by atoms with van der Waals surface area (Å²) in [6.07, 6.45) is 0.625. The molecule has 0 unspecified atom stereocenters. The minimum absolute atomic E-state index is 0.0414. The van der Waals surface area contributed by atoms with Crippen LogP contribution in [-0.2, 0) is 16.6 Å². The topological polar surface area (TPSA) is 103 Å². The molecule has 2 aromatic rings. The Balaban J connectivity index is 1.99. The van der Waals surface area contributed by atoms with Crippen LogP contribution in [0.1, 0.15) is 32.0 Å². The lowest BCUT2D eigenvalue weighted by Gasteiger charge is -2.37. The van der Waals surface area contributed by atoms with Gasteiger partial charge in [0.05, 0.1) is 12.3 Å². The first kappa shape index (κ1) is 26.1. The van der Waals surface area contributed by atoms with E-state index < -0.39 is 22.2 Å². The Labute approximate surface area is 202 Å². The average molecular weight is 488 g/mol. The van der Waals surface area contributed by atoms with E-state index in [4.69, 9.17) is 4.74 Å². The van der Waals surface area contributed by atoms with Crippen molar-refractivity contribution in [2.75, 3.05) is 26.7 Å². The van der Waals surface area contributed by atoms with Gasteiger partial charge in [-0.05, 0) is 51.2 Å². The van der Waals surface area contributed by atoms with Gasteiger partial charge in [-0.1, -0.05) is 24.8 Å². The quantitative estimate of drug-likeness (QED) is 0.598. The third kappa shape index (κ3) is 6.34. The lowest BCUT2D eigenvalue weighted by molar-refractivity contribution is 0.0730. The lowest BCUT2D eigenvalue weighted by Crippen LogP contribution is -2.49. The number of benzene rings is 1. The zero-order chi connectivity index (χ0) is 24.9. The monoisotopic (exact) mass is 487 g/mol. The van der Waals surface area contributed by atoms with Crippen LogP contribution in [0, 0.1) is 17.8 Å². The van der Waals surface area contributed by atoms with Crippen molar-refractivity contribution in [3.63, 3.8) is 0 Å². The Morgan fingerprint density at radius 3 is 2.71 bits per heavy atom. The standard InChI is InChI=1S/C25H33N3O5S/c1-18-14-28(19(2)17-29)34(31,32)25-11-10-21(9-8-20(3)30)13-23(25)33-24(18)16-27(4)15-22-7-5-6-12-26-22/h5-7,10-13,18-20,24,29-30H,14-17H2,1-4H3/t18-,19+,20-,24+/m1/s1. The second-order valence-electron chi connectivity index (χ2n) is 8.86. The fourth-order valence-corrected chi connectivity index (χ4v) is 5.67. The molecule has 2 heterocycles. The normalized spacial score (nSPS) is 21.9. The molecule has 2 N–H and O–H groups in total. The molecule has 184 valence electrons. The van der Waals surface area contributed by atoms with Crippen molar-refractivity contribution in [3.8, 4) is 17.6 Å². The largest absolute Gasteiger partial charge is 0.487 e. The molecule has 0 amide bonds. The third-order valence-electron chi connectivity index (χ3n) is 5.74. The molecule has 1 aromatic carbocycles. The van der Waals surface area contributed by atoms with E-state index >= 15 is 0 Å². The first-order valence-corrected chi connectivity index (χ1v) is 12.8. The smallest absolute Gasteiger partial charge is 0.247 e. The number of pyridine rings is 1. The van der Waals surface area contributed by atoms with Crippen LogP contribution in [0.3, 0.4) is 0 Å². The summed E-state index contributed by atoms with van der Waals surface area (Å²) in [7, 11) is -1.94. The number of aliphatic hydroxyl groups excluding tert-OH is 2. The maximum Gasteiger partial charge on any atom is 0.247 e. The van der Waals surface area contributed by atoms with Crippen LogP contribution in [0.4, 0.5) is 0 Å². The predicted octanol–water partition coefficient (Wildman–Crippen LogP) is 1.71. The number of hydrogen-bond acceptors (Lipinski definition) is 7. The van der Waals surface area contributed by atoms with Crippen molar-refractivity contribution in [2.45, 2.75) is 50.5 Å². The zero-order valence-electron chi connectivity index (χ0n) is 20.0. The second-order valence-corrected chi connectivity index (χ2v) is 10.7. The molecule has 0 spiro atoms. The Hall–Kier alpha value is -2.48. The summed E-state index contributed by atoms with van der Waals surface area (Å²) in [5.41, 5.74) is 1.48.